The van der Waals surface area contributed by atoms with Crippen molar-refractivity contribution < 1.29 is 8.42 Å². The molecule has 106 valence electrons. The zero-order valence-electron chi connectivity index (χ0n) is 11.9. The molecule has 0 aliphatic heterocycles. The minimum atomic E-state index is -3.13. The van der Waals surface area contributed by atoms with Crippen LogP contribution in [0.3, 0.4) is 0 Å². The summed E-state index contributed by atoms with van der Waals surface area (Å²) in [6.07, 6.45) is 1.22. The van der Waals surface area contributed by atoms with Crippen LogP contribution in [-0.2, 0) is 9.84 Å². The molecule has 2 rings (SSSR count). The Kier molecular flexibility index (Phi) is 4.14. The number of sulfone groups is 1. The van der Waals surface area contributed by atoms with E-state index < -0.39 is 9.84 Å². The molecule has 0 aromatic heterocycles. The highest BCUT2D eigenvalue weighted by Gasteiger charge is 2.09. The molecule has 3 nitrogen and oxygen atoms in total. The molecule has 0 aliphatic rings. The molecule has 0 amide bonds. The summed E-state index contributed by atoms with van der Waals surface area (Å²) in [5.74, 6) is 0. The molecule has 0 aliphatic carbocycles. The quantitative estimate of drug-likeness (QED) is 0.936. The van der Waals surface area contributed by atoms with Gasteiger partial charge in [0.1, 0.15) is 0 Å². The van der Waals surface area contributed by atoms with Crippen molar-refractivity contribution in [3.8, 4) is 0 Å². The van der Waals surface area contributed by atoms with E-state index in [0.29, 0.717) is 4.90 Å². The molecule has 2 aromatic carbocycles. The van der Waals surface area contributed by atoms with Gasteiger partial charge >= 0.3 is 0 Å². The molecule has 4 heteroatoms. The van der Waals surface area contributed by atoms with Crippen LogP contribution in [0.5, 0.6) is 0 Å². The summed E-state index contributed by atoms with van der Waals surface area (Å²) >= 11 is 0. The average Bonchev–Trinajstić information content (AvgIpc) is 2.38. The van der Waals surface area contributed by atoms with Crippen LogP contribution < -0.4 is 5.32 Å². The second-order valence-corrected chi connectivity index (χ2v) is 7.09. The Morgan fingerprint density at radius 2 is 1.70 bits per heavy atom. The van der Waals surface area contributed by atoms with Crippen molar-refractivity contribution in [1.82, 2.24) is 0 Å². The van der Waals surface area contributed by atoms with Gasteiger partial charge in [-0.1, -0.05) is 24.3 Å². The summed E-state index contributed by atoms with van der Waals surface area (Å²) < 4.78 is 22.9. The van der Waals surface area contributed by atoms with Crippen LogP contribution in [0.4, 0.5) is 5.69 Å². The number of hydrogen-bond donors (Lipinski definition) is 1. The summed E-state index contributed by atoms with van der Waals surface area (Å²) in [4.78, 5) is 0.351. The second-order valence-electron chi connectivity index (χ2n) is 5.08. The molecule has 0 heterocycles. The Hall–Kier alpha value is -1.81. The molecule has 0 saturated heterocycles. The molecule has 0 radical (unpaired) electrons. The van der Waals surface area contributed by atoms with Crippen LogP contribution in [-0.4, -0.2) is 14.7 Å². The van der Waals surface area contributed by atoms with E-state index in [1.807, 2.05) is 24.3 Å². The van der Waals surface area contributed by atoms with E-state index in [2.05, 4.69) is 31.3 Å². The highest BCUT2D eigenvalue weighted by molar-refractivity contribution is 7.90. The first-order chi connectivity index (χ1) is 9.36. The first-order valence-electron chi connectivity index (χ1n) is 6.49. The van der Waals surface area contributed by atoms with E-state index in [0.717, 1.165) is 11.3 Å². The van der Waals surface area contributed by atoms with Gasteiger partial charge in [0.2, 0.25) is 0 Å². The van der Waals surface area contributed by atoms with Gasteiger partial charge in [-0.25, -0.2) is 8.42 Å². The van der Waals surface area contributed by atoms with Gasteiger partial charge in [0.25, 0.3) is 0 Å². The number of hydrogen-bond acceptors (Lipinski definition) is 3. The van der Waals surface area contributed by atoms with E-state index in [9.17, 15) is 8.42 Å². The lowest BCUT2D eigenvalue weighted by Gasteiger charge is -2.16. The normalized spacial score (nSPS) is 12.9. The second kappa shape index (κ2) is 5.67. The van der Waals surface area contributed by atoms with E-state index >= 15 is 0 Å². The van der Waals surface area contributed by atoms with Gasteiger partial charge in [0, 0.05) is 18.0 Å². The lowest BCUT2D eigenvalue weighted by molar-refractivity contribution is 0.602. The van der Waals surface area contributed by atoms with Crippen LogP contribution in [0.25, 0.3) is 0 Å². The number of aryl methyl sites for hydroxylation is 1. The van der Waals surface area contributed by atoms with E-state index in [-0.39, 0.29) is 6.04 Å². The van der Waals surface area contributed by atoms with Crippen LogP contribution in [0.1, 0.15) is 24.1 Å². The molecule has 2 aromatic rings. The maximum absolute atomic E-state index is 11.4. The standard InChI is InChI=1S/C16H19NO2S/c1-12-5-4-6-15(11-12)17-13(2)14-7-9-16(10-8-14)20(3,18)19/h4-11,13,17H,1-3H3. The van der Waals surface area contributed by atoms with Gasteiger partial charge in [0.05, 0.1) is 4.90 Å². The minimum absolute atomic E-state index is 0.116. The van der Waals surface area contributed by atoms with E-state index in [1.165, 1.54) is 11.8 Å². The molecule has 1 unspecified atom stereocenters. The first kappa shape index (κ1) is 14.6. The van der Waals surface area contributed by atoms with Crippen molar-refractivity contribution in [3.05, 3.63) is 59.7 Å². The topological polar surface area (TPSA) is 46.2 Å². The molecule has 0 spiro atoms. The third kappa shape index (κ3) is 3.61. The Morgan fingerprint density at radius 3 is 2.25 bits per heavy atom. The first-order valence-corrected chi connectivity index (χ1v) is 8.38. The monoisotopic (exact) mass is 289 g/mol. The zero-order chi connectivity index (χ0) is 14.8. The molecule has 1 atom stereocenters. The van der Waals surface area contributed by atoms with Gasteiger partial charge < -0.3 is 5.32 Å². The number of benzene rings is 2. The van der Waals surface area contributed by atoms with Gasteiger partial charge in [-0.2, -0.15) is 0 Å². The minimum Gasteiger partial charge on any atom is -0.379 e. The summed E-state index contributed by atoms with van der Waals surface area (Å²) in [5, 5.41) is 3.41. The van der Waals surface area contributed by atoms with Crippen LogP contribution in [0.2, 0.25) is 0 Å². The Morgan fingerprint density at radius 1 is 1.05 bits per heavy atom. The fraction of sp³-hybridized carbons (Fsp3) is 0.250. The molecule has 20 heavy (non-hydrogen) atoms. The van der Waals surface area contributed by atoms with E-state index in [4.69, 9.17) is 0 Å². The Balaban J connectivity index is 2.15. The lowest BCUT2D eigenvalue weighted by Crippen LogP contribution is -2.07. The summed E-state index contributed by atoms with van der Waals surface area (Å²) in [6, 6.07) is 15.3. The zero-order valence-corrected chi connectivity index (χ0v) is 12.7. The highest BCUT2D eigenvalue weighted by atomic mass is 32.2. The molecule has 0 bridgehead atoms. The molecule has 0 saturated carbocycles. The maximum Gasteiger partial charge on any atom is 0.175 e. The maximum atomic E-state index is 11.4. The third-order valence-corrected chi connectivity index (χ3v) is 4.34. The van der Waals surface area contributed by atoms with Crippen molar-refractivity contribution in [2.45, 2.75) is 24.8 Å². The van der Waals surface area contributed by atoms with Crippen molar-refractivity contribution in [3.63, 3.8) is 0 Å². The molecular formula is C16H19NO2S. The summed E-state index contributed by atoms with van der Waals surface area (Å²) in [7, 11) is -3.13. The number of anilines is 1. The largest absolute Gasteiger partial charge is 0.379 e. The predicted octanol–water partition coefficient (Wildman–Crippen LogP) is 3.57. The van der Waals surface area contributed by atoms with Crippen molar-refractivity contribution in [1.29, 1.82) is 0 Å². The van der Waals surface area contributed by atoms with Crippen molar-refractivity contribution >= 4 is 15.5 Å². The SMILES string of the molecule is Cc1cccc(NC(C)c2ccc(S(C)(=O)=O)cc2)c1. The van der Waals surface area contributed by atoms with Crippen LogP contribution >= 0.6 is 0 Å². The predicted molar refractivity (Wildman–Crippen MR) is 82.8 cm³/mol. The third-order valence-electron chi connectivity index (χ3n) is 3.21. The highest BCUT2D eigenvalue weighted by Crippen LogP contribution is 2.21. The van der Waals surface area contributed by atoms with Crippen LogP contribution in [0.15, 0.2) is 53.4 Å². The fourth-order valence-electron chi connectivity index (χ4n) is 2.07. The number of nitrogens with one attached hydrogen (secondary N) is 1. The van der Waals surface area contributed by atoms with Gasteiger partial charge in [-0.3, -0.25) is 0 Å². The lowest BCUT2D eigenvalue weighted by atomic mass is 10.1. The Bertz CT molecular complexity index is 691. The summed E-state index contributed by atoms with van der Waals surface area (Å²) in [5.41, 5.74) is 3.32. The van der Waals surface area contributed by atoms with Gasteiger partial charge in [0.15, 0.2) is 9.84 Å². The molecular weight excluding hydrogens is 270 g/mol. The summed E-state index contributed by atoms with van der Waals surface area (Å²) in [6.45, 7) is 4.11. The van der Waals surface area contributed by atoms with Crippen molar-refractivity contribution in [2.75, 3.05) is 11.6 Å². The van der Waals surface area contributed by atoms with Gasteiger partial charge in [-0.15, -0.1) is 0 Å². The molecule has 0 fully saturated rings. The smallest absolute Gasteiger partial charge is 0.175 e. The van der Waals surface area contributed by atoms with E-state index in [1.54, 1.807) is 12.1 Å². The number of rotatable bonds is 4. The molecule has 1 N–H and O–H groups in total. The fourth-order valence-corrected chi connectivity index (χ4v) is 2.70. The average molecular weight is 289 g/mol. The van der Waals surface area contributed by atoms with Gasteiger partial charge in [-0.05, 0) is 49.2 Å². The van der Waals surface area contributed by atoms with Crippen LogP contribution in [0, 0.1) is 6.92 Å². The van der Waals surface area contributed by atoms with Crippen molar-refractivity contribution in [2.24, 2.45) is 0 Å². The Labute approximate surface area is 120 Å².